The van der Waals surface area contributed by atoms with Crippen molar-refractivity contribution in [3.8, 4) is 5.75 Å². The summed E-state index contributed by atoms with van der Waals surface area (Å²) in [5.41, 5.74) is 2.41. The molecule has 0 spiro atoms. The normalized spacial score (nSPS) is 15.0. The first-order valence-corrected chi connectivity index (χ1v) is 12.1. The molecule has 30 heavy (non-hydrogen) atoms. The fourth-order valence-electron chi connectivity index (χ4n) is 3.62. The Bertz CT molecular complexity index is 936. The van der Waals surface area contributed by atoms with Crippen LogP contribution in [0.2, 0.25) is 0 Å². The van der Waals surface area contributed by atoms with Gasteiger partial charge in [0.2, 0.25) is 10.0 Å². The van der Waals surface area contributed by atoms with E-state index in [2.05, 4.69) is 5.32 Å². The van der Waals surface area contributed by atoms with Crippen LogP contribution in [0.3, 0.4) is 0 Å². The number of carbonyl (C=O) groups excluding carboxylic acids is 1. The minimum atomic E-state index is -3.29. The molecule has 2 aromatic carbocycles. The van der Waals surface area contributed by atoms with E-state index in [-0.39, 0.29) is 11.7 Å². The molecule has 1 aliphatic rings. The second kappa shape index (κ2) is 10.6. The molecule has 3 rings (SSSR count). The first-order valence-electron chi connectivity index (χ1n) is 10.5. The van der Waals surface area contributed by atoms with Crippen molar-refractivity contribution in [1.82, 2.24) is 9.62 Å². The molecule has 1 fully saturated rings. The SMILES string of the molecule is COc1cccc(CCCNC(=O)c2ccc(CS(=O)(=O)N3CCCCC3)cc2)c1. The van der Waals surface area contributed by atoms with Gasteiger partial charge in [0.05, 0.1) is 12.9 Å². The zero-order chi connectivity index (χ0) is 21.4. The van der Waals surface area contributed by atoms with E-state index >= 15 is 0 Å². The third kappa shape index (κ3) is 6.31. The maximum atomic E-state index is 12.5. The number of carbonyl (C=O) groups is 1. The molecule has 1 heterocycles. The summed E-state index contributed by atoms with van der Waals surface area (Å²) in [6, 6.07) is 14.8. The van der Waals surface area contributed by atoms with Crippen LogP contribution in [-0.4, -0.2) is 45.4 Å². The predicted molar refractivity (Wildman–Crippen MR) is 118 cm³/mol. The van der Waals surface area contributed by atoms with Crippen molar-refractivity contribution < 1.29 is 17.9 Å². The number of rotatable bonds is 9. The summed E-state index contributed by atoms with van der Waals surface area (Å²) in [6.45, 7) is 1.79. The van der Waals surface area contributed by atoms with E-state index in [1.165, 1.54) is 5.56 Å². The Hall–Kier alpha value is -2.38. The van der Waals surface area contributed by atoms with Crippen LogP contribution in [0.25, 0.3) is 0 Å². The molecule has 6 nitrogen and oxygen atoms in total. The third-order valence-corrected chi connectivity index (χ3v) is 7.19. The summed E-state index contributed by atoms with van der Waals surface area (Å²) >= 11 is 0. The molecule has 0 radical (unpaired) electrons. The van der Waals surface area contributed by atoms with Crippen molar-refractivity contribution in [2.45, 2.75) is 37.9 Å². The lowest BCUT2D eigenvalue weighted by Gasteiger charge is -2.25. The van der Waals surface area contributed by atoms with Crippen LogP contribution in [0.5, 0.6) is 5.75 Å². The van der Waals surface area contributed by atoms with Gasteiger partial charge in [-0.15, -0.1) is 0 Å². The highest BCUT2D eigenvalue weighted by molar-refractivity contribution is 7.88. The number of methoxy groups -OCH3 is 1. The summed E-state index contributed by atoms with van der Waals surface area (Å²) in [5.74, 6) is 0.667. The number of sulfonamides is 1. The van der Waals surface area contributed by atoms with Crippen molar-refractivity contribution in [3.05, 3.63) is 65.2 Å². The van der Waals surface area contributed by atoms with Gasteiger partial charge >= 0.3 is 0 Å². The average Bonchev–Trinajstić information content (AvgIpc) is 2.77. The summed E-state index contributed by atoms with van der Waals surface area (Å²) in [5, 5.41) is 2.92. The summed E-state index contributed by atoms with van der Waals surface area (Å²) in [4.78, 5) is 12.3. The summed E-state index contributed by atoms with van der Waals surface area (Å²) in [6.07, 6.45) is 4.62. The van der Waals surface area contributed by atoms with E-state index in [1.54, 1.807) is 35.7 Å². The molecule has 1 amide bonds. The maximum Gasteiger partial charge on any atom is 0.251 e. The van der Waals surface area contributed by atoms with Gasteiger partial charge < -0.3 is 10.1 Å². The second-order valence-electron chi connectivity index (χ2n) is 7.62. The molecule has 0 unspecified atom stereocenters. The number of hydrogen-bond donors (Lipinski definition) is 1. The fraction of sp³-hybridized carbons (Fsp3) is 0.435. The lowest BCUT2D eigenvalue weighted by Crippen LogP contribution is -2.36. The number of ether oxygens (including phenoxy) is 1. The van der Waals surface area contributed by atoms with E-state index in [0.717, 1.165) is 37.9 Å². The zero-order valence-corrected chi connectivity index (χ0v) is 18.3. The second-order valence-corrected chi connectivity index (χ2v) is 9.59. The summed E-state index contributed by atoms with van der Waals surface area (Å²) in [7, 11) is -1.65. The monoisotopic (exact) mass is 430 g/mol. The Morgan fingerprint density at radius 2 is 1.77 bits per heavy atom. The van der Waals surface area contributed by atoms with Gasteiger partial charge in [-0.2, -0.15) is 0 Å². The van der Waals surface area contributed by atoms with Gasteiger partial charge in [0.25, 0.3) is 5.91 Å². The van der Waals surface area contributed by atoms with E-state index in [0.29, 0.717) is 30.8 Å². The zero-order valence-electron chi connectivity index (χ0n) is 17.5. The topological polar surface area (TPSA) is 75.7 Å². The van der Waals surface area contributed by atoms with Gasteiger partial charge in [0.15, 0.2) is 0 Å². The van der Waals surface area contributed by atoms with Crippen molar-refractivity contribution >= 4 is 15.9 Å². The minimum absolute atomic E-state index is 0.0184. The number of amides is 1. The highest BCUT2D eigenvalue weighted by Crippen LogP contribution is 2.18. The lowest BCUT2D eigenvalue weighted by atomic mass is 10.1. The van der Waals surface area contributed by atoms with E-state index in [1.807, 2.05) is 24.3 Å². The molecule has 1 aliphatic heterocycles. The van der Waals surface area contributed by atoms with Gasteiger partial charge in [0, 0.05) is 25.2 Å². The Morgan fingerprint density at radius 1 is 1.03 bits per heavy atom. The first-order chi connectivity index (χ1) is 14.5. The maximum absolute atomic E-state index is 12.5. The lowest BCUT2D eigenvalue weighted by molar-refractivity contribution is 0.0953. The van der Waals surface area contributed by atoms with Gasteiger partial charge in [-0.3, -0.25) is 4.79 Å². The molecule has 2 aromatic rings. The first kappa shape index (κ1) is 22.3. The third-order valence-electron chi connectivity index (χ3n) is 5.34. The van der Waals surface area contributed by atoms with Crippen LogP contribution in [0, 0.1) is 0 Å². The van der Waals surface area contributed by atoms with Crippen LogP contribution < -0.4 is 10.1 Å². The van der Waals surface area contributed by atoms with Crippen molar-refractivity contribution in [1.29, 1.82) is 0 Å². The smallest absolute Gasteiger partial charge is 0.251 e. The van der Waals surface area contributed by atoms with E-state index in [9.17, 15) is 13.2 Å². The van der Waals surface area contributed by atoms with E-state index in [4.69, 9.17) is 4.74 Å². The summed E-state index contributed by atoms with van der Waals surface area (Å²) < 4.78 is 31.9. The molecule has 0 saturated carbocycles. The highest BCUT2D eigenvalue weighted by atomic mass is 32.2. The molecule has 1 saturated heterocycles. The number of nitrogens with one attached hydrogen (secondary N) is 1. The van der Waals surface area contributed by atoms with Gasteiger partial charge in [0.1, 0.15) is 5.75 Å². The fourth-order valence-corrected chi connectivity index (χ4v) is 5.23. The number of benzene rings is 2. The Balaban J connectivity index is 1.46. The van der Waals surface area contributed by atoms with Crippen LogP contribution in [0.15, 0.2) is 48.5 Å². The molecule has 162 valence electrons. The van der Waals surface area contributed by atoms with Crippen LogP contribution in [0.1, 0.15) is 47.2 Å². The Morgan fingerprint density at radius 3 is 2.47 bits per heavy atom. The number of nitrogens with zero attached hydrogens (tertiary/aromatic N) is 1. The van der Waals surface area contributed by atoms with E-state index < -0.39 is 10.0 Å². The van der Waals surface area contributed by atoms with Crippen molar-refractivity contribution in [2.24, 2.45) is 0 Å². The molecule has 0 aliphatic carbocycles. The number of hydrogen-bond acceptors (Lipinski definition) is 4. The molecule has 7 heteroatoms. The van der Waals surface area contributed by atoms with Gasteiger partial charge in [-0.05, 0) is 61.1 Å². The predicted octanol–water partition coefficient (Wildman–Crippen LogP) is 3.37. The standard InChI is InChI=1S/C23H30N2O4S/c1-29-22-9-5-7-19(17-22)8-6-14-24-23(26)21-12-10-20(11-13-21)18-30(27,28)25-15-3-2-4-16-25/h5,7,9-13,17H,2-4,6,8,14-16,18H2,1H3,(H,24,26). The van der Waals surface area contributed by atoms with Crippen molar-refractivity contribution in [2.75, 3.05) is 26.7 Å². The van der Waals surface area contributed by atoms with Crippen molar-refractivity contribution in [3.63, 3.8) is 0 Å². The van der Waals surface area contributed by atoms with Crippen LogP contribution >= 0.6 is 0 Å². The average molecular weight is 431 g/mol. The molecule has 0 bridgehead atoms. The largest absolute Gasteiger partial charge is 0.497 e. The minimum Gasteiger partial charge on any atom is -0.497 e. The van der Waals surface area contributed by atoms with Crippen LogP contribution in [0.4, 0.5) is 0 Å². The molecular formula is C23H30N2O4S. The molecule has 1 N–H and O–H groups in total. The highest BCUT2D eigenvalue weighted by Gasteiger charge is 2.24. The quantitative estimate of drug-likeness (QED) is 0.619. The number of aryl methyl sites for hydroxylation is 1. The van der Waals surface area contributed by atoms with Gasteiger partial charge in [-0.25, -0.2) is 12.7 Å². The van der Waals surface area contributed by atoms with Crippen LogP contribution in [-0.2, 0) is 22.2 Å². The Kier molecular flexibility index (Phi) is 7.87. The number of piperidine rings is 1. The molecule has 0 atom stereocenters. The molecular weight excluding hydrogens is 400 g/mol. The molecule has 0 aromatic heterocycles. The van der Waals surface area contributed by atoms with Gasteiger partial charge in [-0.1, -0.05) is 30.7 Å². The Labute approximate surface area is 179 Å².